The van der Waals surface area contributed by atoms with Crippen molar-refractivity contribution in [3.8, 4) is 11.5 Å². The standard InChI is InChI=1S/C35H37N5O2S2/c41-22-21-40-19-16-27(17-20-40)33(31-13-7-8-18-36-31)44-30-23-32(42-29-11-5-2-6-12-29)34(37-24-30)39-35-38-28(25-43-35)15-14-26-9-3-1-4-10-26/h1-13,18,23-25,27,33,41H,14-17,19-22H2,(H,37,38,39). The van der Waals surface area contributed by atoms with Crippen LogP contribution in [-0.4, -0.2) is 51.2 Å². The fourth-order valence-corrected chi connectivity index (χ4v) is 7.54. The van der Waals surface area contributed by atoms with E-state index in [2.05, 4.69) is 58.1 Å². The van der Waals surface area contributed by atoms with Crippen LogP contribution >= 0.6 is 23.1 Å². The Bertz CT molecular complexity index is 1580. The molecule has 0 saturated carbocycles. The van der Waals surface area contributed by atoms with Gasteiger partial charge in [0.2, 0.25) is 0 Å². The molecule has 1 aliphatic heterocycles. The Morgan fingerprint density at radius 3 is 2.48 bits per heavy atom. The molecule has 44 heavy (non-hydrogen) atoms. The number of likely N-dealkylation sites (tertiary alicyclic amines) is 1. The summed E-state index contributed by atoms with van der Waals surface area (Å²) in [5.41, 5.74) is 3.45. The number of para-hydroxylation sites is 1. The number of rotatable bonds is 13. The minimum absolute atomic E-state index is 0.184. The number of thiazole rings is 1. The quantitative estimate of drug-likeness (QED) is 0.129. The molecule has 0 aliphatic carbocycles. The van der Waals surface area contributed by atoms with E-state index < -0.39 is 0 Å². The van der Waals surface area contributed by atoms with Gasteiger partial charge in [-0.15, -0.1) is 23.1 Å². The Balaban J connectivity index is 1.22. The topological polar surface area (TPSA) is 83.4 Å². The van der Waals surface area contributed by atoms with Crippen molar-refractivity contribution in [3.05, 3.63) is 120 Å². The van der Waals surface area contributed by atoms with Crippen LogP contribution in [0.5, 0.6) is 11.5 Å². The van der Waals surface area contributed by atoms with E-state index in [1.165, 1.54) is 5.56 Å². The summed E-state index contributed by atoms with van der Waals surface area (Å²) in [6, 6.07) is 28.5. The van der Waals surface area contributed by atoms with Gasteiger partial charge in [0, 0.05) is 29.2 Å². The van der Waals surface area contributed by atoms with E-state index in [9.17, 15) is 5.11 Å². The second-order valence-electron chi connectivity index (χ2n) is 10.9. The predicted octanol–water partition coefficient (Wildman–Crippen LogP) is 7.79. The smallest absolute Gasteiger partial charge is 0.188 e. The average molecular weight is 624 g/mol. The zero-order chi connectivity index (χ0) is 30.0. The molecule has 1 aliphatic rings. The first-order valence-electron chi connectivity index (χ1n) is 15.1. The number of thioether (sulfide) groups is 1. The molecule has 6 rings (SSSR count). The first-order valence-corrected chi connectivity index (χ1v) is 16.9. The third kappa shape index (κ3) is 8.24. The monoisotopic (exact) mass is 623 g/mol. The molecular formula is C35H37N5O2S2. The van der Waals surface area contributed by atoms with Crippen molar-refractivity contribution in [1.82, 2.24) is 19.9 Å². The predicted molar refractivity (Wildman–Crippen MR) is 179 cm³/mol. The molecule has 0 radical (unpaired) electrons. The van der Waals surface area contributed by atoms with E-state index >= 15 is 0 Å². The van der Waals surface area contributed by atoms with Gasteiger partial charge in [0.05, 0.1) is 23.2 Å². The van der Waals surface area contributed by atoms with Crippen LogP contribution in [-0.2, 0) is 12.8 Å². The van der Waals surface area contributed by atoms with Crippen molar-refractivity contribution in [2.45, 2.75) is 35.8 Å². The van der Waals surface area contributed by atoms with Crippen molar-refractivity contribution >= 4 is 34.0 Å². The highest BCUT2D eigenvalue weighted by molar-refractivity contribution is 7.99. The van der Waals surface area contributed by atoms with Gasteiger partial charge in [-0.1, -0.05) is 54.6 Å². The van der Waals surface area contributed by atoms with E-state index in [0.717, 1.165) is 72.5 Å². The number of nitrogens with one attached hydrogen (secondary N) is 1. The van der Waals surface area contributed by atoms with Crippen LogP contribution in [0.1, 0.15) is 35.0 Å². The van der Waals surface area contributed by atoms with Crippen LogP contribution < -0.4 is 10.1 Å². The number of aliphatic hydroxyl groups excluding tert-OH is 1. The number of benzene rings is 2. The molecule has 5 aromatic rings. The molecule has 7 nitrogen and oxygen atoms in total. The highest BCUT2D eigenvalue weighted by Crippen LogP contribution is 2.45. The van der Waals surface area contributed by atoms with Crippen LogP contribution in [0.3, 0.4) is 0 Å². The van der Waals surface area contributed by atoms with Gasteiger partial charge in [0.25, 0.3) is 0 Å². The largest absolute Gasteiger partial charge is 0.453 e. The van der Waals surface area contributed by atoms with Crippen LogP contribution in [0, 0.1) is 5.92 Å². The normalized spacial score (nSPS) is 14.8. The molecule has 0 amide bonds. The number of hydrogen-bond acceptors (Lipinski definition) is 9. The molecule has 1 atom stereocenters. The van der Waals surface area contributed by atoms with Gasteiger partial charge in [-0.2, -0.15) is 0 Å². The average Bonchev–Trinajstić information content (AvgIpc) is 3.53. The Labute approximate surface area is 267 Å². The lowest BCUT2D eigenvalue weighted by Gasteiger charge is -2.35. The molecule has 9 heteroatoms. The number of aryl methyl sites for hydroxylation is 2. The van der Waals surface area contributed by atoms with E-state index in [4.69, 9.17) is 19.7 Å². The summed E-state index contributed by atoms with van der Waals surface area (Å²) in [6.45, 7) is 2.91. The summed E-state index contributed by atoms with van der Waals surface area (Å²) in [5, 5.41) is 15.9. The van der Waals surface area contributed by atoms with Crippen molar-refractivity contribution in [1.29, 1.82) is 0 Å². The Morgan fingerprint density at radius 1 is 0.955 bits per heavy atom. The number of piperidine rings is 1. The van der Waals surface area contributed by atoms with Crippen molar-refractivity contribution in [2.24, 2.45) is 5.92 Å². The number of ether oxygens (including phenoxy) is 1. The number of aromatic nitrogens is 3. The van der Waals surface area contributed by atoms with Gasteiger partial charge in [-0.3, -0.25) is 4.98 Å². The number of anilines is 2. The molecule has 1 saturated heterocycles. The molecule has 0 spiro atoms. The van der Waals surface area contributed by atoms with Crippen LogP contribution in [0.25, 0.3) is 0 Å². The maximum Gasteiger partial charge on any atom is 0.188 e. The summed E-state index contributed by atoms with van der Waals surface area (Å²) in [4.78, 5) is 17.8. The van der Waals surface area contributed by atoms with Gasteiger partial charge in [0.15, 0.2) is 16.7 Å². The molecule has 3 aromatic heterocycles. The third-order valence-corrected chi connectivity index (χ3v) is 9.99. The second kappa shape index (κ2) is 15.3. The molecule has 0 bridgehead atoms. The Morgan fingerprint density at radius 2 is 1.73 bits per heavy atom. The van der Waals surface area contributed by atoms with Crippen LogP contribution in [0.4, 0.5) is 10.9 Å². The van der Waals surface area contributed by atoms with Gasteiger partial charge in [-0.25, -0.2) is 9.97 Å². The van der Waals surface area contributed by atoms with E-state index in [1.54, 1.807) is 23.1 Å². The fraction of sp³-hybridized carbons (Fsp3) is 0.286. The lowest BCUT2D eigenvalue weighted by molar-refractivity contribution is 0.146. The minimum atomic E-state index is 0.184. The Kier molecular flexibility index (Phi) is 10.5. The van der Waals surface area contributed by atoms with E-state index in [1.807, 2.05) is 54.9 Å². The number of aliphatic hydroxyl groups is 1. The highest BCUT2D eigenvalue weighted by Gasteiger charge is 2.29. The molecule has 4 heterocycles. The van der Waals surface area contributed by atoms with Gasteiger partial charge >= 0.3 is 0 Å². The number of nitrogens with zero attached hydrogens (tertiary/aromatic N) is 4. The summed E-state index contributed by atoms with van der Waals surface area (Å²) in [5.74, 6) is 2.50. The van der Waals surface area contributed by atoms with Gasteiger partial charge in [0.1, 0.15) is 5.75 Å². The van der Waals surface area contributed by atoms with Crippen molar-refractivity contribution < 1.29 is 9.84 Å². The molecule has 226 valence electrons. The van der Waals surface area contributed by atoms with Gasteiger partial charge < -0.3 is 20.1 Å². The van der Waals surface area contributed by atoms with E-state index in [0.29, 0.717) is 17.5 Å². The zero-order valence-electron chi connectivity index (χ0n) is 24.6. The molecular weight excluding hydrogens is 587 g/mol. The summed E-state index contributed by atoms with van der Waals surface area (Å²) in [6.07, 6.45) is 7.75. The number of β-amino-alcohol motifs (C(OH)–C–C–N with tert-alkyl or cyclic N) is 1. The van der Waals surface area contributed by atoms with Crippen LogP contribution in [0.2, 0.25) is 0 Å². The molecule has 1 unspecified atom stereocenters. The summed E-state index contributed by atoms with van der Waals surface area (Å²) < 4.78 is 6.40. The van der Waals surface area contributed by atoms with Crippen molar-refractivity contribution in [3.63, 3.8) is 0 Å². The first kappa shape index (κ1) is 30.3. The lowest BCUT2D eigenvalue weighted by Crippen LogP contribution is -2.37. The summed E-state index contributed by atoms with van der Waals surface area (Å²) in [7, 11) is 0. The SMILES string of the molecule is OCCN1CCC(C(Sc2cnc(Nc3nc(CCc4ccccc4)cs3)c(Oc3ccccc3)c2)c2ccccn2)CC1. The first-order chi connectivity index (χ1) is 21.7. The third-order valence-electron chi connectivity index (χ3n) is 7.81. The fourth-order valence-electron chi connectivity index (χ4n) is 5.49. The zero-order valence-corrected chi connectivity index (χ0v) is 26.2. The number of hydrogen-bond donors (Lipinski definition) is 2. The molecule has 2 N–H and O–H groups in total. The van der Waals surface area contributed by atoms with E-state index in [-0.39, 0.29) is 11.9 Å². The number of pyridine rings is 2. The van der Waals surface area contributed by atoms with Crippen LogP contribution in [0.15, 0.2) is 108 Å². The maximum absolute atomic E-state index is 9.40. The minimum Gasteiger partial charge on any atom is -0.453 e. The Hall–Kier alpha value is -3.76. The lowest BCUT2D eigenvalue weighted by atomic mass is 9.91. The summed E-state index contributed by atoms with van der Waals surface area (Å²) >= 11 is 3.38. The maximum atomic E-state index is 9.40. The second-order valence-corrected chi connectivity index (χ2v) is 13.0. The molecule has 1 fully saturated rings. The van der Waals surface area contributed by atoms with Gasteiger partial charge in [-0.05, 0) is 80.6 Å². The highest BCUT2D eigenvalue weighted by atomic mass is 32.2. The molecule has 2 aromatic carbocycles. The van der Waals surface area contributed by atoms with Crippen molar-refractivity contribution in [2.75, 3.05) is 31.6 Å².